The first-order chi connectivity index (χ1) is 13.2. The standard InChI is InChI=1S/C19H21N7S/c1-11-5-10-16(27-11)19-23-15-4-2-3-14(15)18(24-19)22-13-8-6-12(7-9-13)17(25-20)26-21/h5-10H,2-4,20-21H2,1H3,(H,25,26)(H,22,23,24). The van der Waals surface area contributed by atoms with Crippen LogP contribution in [0.4, 0.5) is 11.5 Å². The summed E-state index contributed by atoms with van der Waals surface area (Å²) in [4.78, 5) is 12.0. The highest BCUT2D eigenvalue weighted by atomic mass is 32.1. The van der Waals surface area contributed by atoms with E-state index in [0.717, 1.165) is 52.7 Å². The monoisotopic (exact) mass is 379 g/mol. The first-order valence-corrected chi connectivity index (χ1v) is 9.58. The molecule has 0 saturated heterocycles. The molecule has 1 aliphatic rings. The first kappa shape index (κ1) is 17.4. The quantitative estimate of drug-likeness (QED) is 0.240. The Hall–Kier alpha value is -2.97. The van der Waals surface area contributed by atoms with Gasteiger partial charge in [0.05, 0.1) is 4.88 Å². The minimum absolute atomic E-state index is 0.430. The number of hydrazone groups is 1. The number of hydrogen-bond donors (Lipinski definition) is 4. The third kappa shape index (κ3) is 3.49. The lowest BCUT2D eigenvalue weighted by Crippen LogP contribution is -2.31. The van der Waals surface area contributed by atoms with Gasteiger partial charge in [-0.2, -0.15) is 5.10 Å². The highest BCUT2D eigenvalue weighted by Gasteiger charge is 2.20. The highest BCUT2D eigenvalue weighted by Crippen LogP contribution is 2.33. The Labute approximate surface area is 161 Å². The second-order valence-electron chi connectivity index (χ2n) is 6.41. The van der Waals surface area contributed by atoms with Crippen molar-refractivity contribution in [3.05, 3.63) is 58.1 Å². The molecule has 0 unspecified atom stereocenters. The van der Waals surface area contributed by atoms with Crippen molar-refractivity contribution in [1.29, 1.82) is 0 Å². The van der Waals surface area contributed by atoms with Crippen LogP contribution in [0.2, 0.25) is 0 Å². The molecule has 1 aromatic carbocycles. The van der Waals surface area contributed by atoms with E-state index in [2.05, 4.69) is 34.9 Å². The van der Waals surface area contributed by atoms with Crippen LogP contribution < -0.4 is 22.4 Å². The summed E-state index contributed by atoms with van der Waals surface area (Å²) >= 11 is 1.71. The molecule has 0 aliphatic heterocycles. The zero-order valence-corrected chi connectivity index (χ0v) is 15.8. The summed E-state index contributed by atoms with van der Waals surface area (Å²) in [5.41, 5.74) is 6.60. The second kappa shape index (κ2) is 7.34. The number of nitrogens with two attached hydrogens (primary N) is 2. The van der Waals surface area contributed by atoms with Crippen molar-refractivity contribution in [2.24, 2.45) is 16.8 Å². The Kier molecular flexibility index (Phi) is 4.74. The number of anilines is 2. The maximum atomic E-state index is 5.42. The summed E-state index contributed by atoms with van der Waals surface area (Å²) in [6.45, 7) is 2.09. The van der Waals surface area contributed by atoms with E-state index in [-0.39, 0.29) is 0 Å². The Morgan fingerprint density at radius 1 is 1.11 bits per heavy atom. The molecule has 7 nitrogen and oxygen atoms in total. The molecule has 6 N–H and O–H groups in total. The van der Waals surface area contributed by atoms with Crippen LogP contribution in [0.1, 0.15) is 28.1 Å². The molecule has 1 aliphatic carbocycles. The van der Waals surface area contributed by atoms with E-state index in [4.69, 9.17) is 21.7 Å². The fourth-order valence-corrected chi connectivity index (χ4v) is 4.05. The average molecular weight is 379 g/mol. The van der Waals surface area contributed by atoms with Gasteiger partial charge in [-0.25, -0.2) is 15.8 Å². The van der Waals surface area contributed by atoms with Crippen molar-refractivity contribution < 1.29 is 0 Å². The smallest absolute Gasteiger partial charge is 0.171 e. The second-order valence-corrected chi connectivity index (χ2v) is 7.70. The number of thiophene rings is 1. The fourth-order valence-electron chi connectivity index (χ4n) is 3.24. The minimum Gasteiger partial charge on any atom is -0.340 e. The van der Waals surface area contributed by atoms with Gasteiger partial charge in [0.15, 0.2) is 11.7 Å². The van der Waals surface area contributed by atoms with Crippen molar-refractivity contribution in [3.8, 4) is 10.7 Å². The number of hydrazine groups is 1. The maximum absolute atomic E-state index is 5.42. The molecule has 2 aromatic heterocycles. The van der Waals surface area contributed by atoms with Crippen LogP contribution in [0, 0.1) is 6.92 Å². The molecule has 8 heteroatoms. The summed E-state index contributed by atoms with van der Waals surface area (Å²) in [5.74, 6) is 12.9. The molecule has 0 atom stereocenters. The number of aryl methyl sites for hydroxylation is 2. The number of rotatable bonds is 4. The number of nitrogens with zero attached hydrogens (tertiary/aromatic N) is 3. The Morgan fingerprint density at radius 3 is 2.59 bits per heavy atom. The van der Waals surface area contributed by atoms with E-state index >= 15 is 0 Å². The van der Waals surface area contributed by atoms with E-state index in [0.29, 0.717) is 5.84 Å². The van der Waals surface area contributed by atoms with Crippen molar-refractivity contribution >= 4 is 28.7 Å². The zero-order valence-electron chi connectivity index (χ0n) is 15.0. The van der Waals surface area contributed by atoms with Crippen LogP contribution in [0.5, 0.6) is 0 Å². The van der Waals surface area contributed by atoms with E-state index < -0.39 is 0 Å². The van der Waals surface area contributed by atoms with Gasteiger partial charge in [-0.1, -0.05) is 0 Å². The lowest BCUT2D eigenvalue weighted by atomic mass is 10.2. The number of benzene rings is 1. The molecule has 0 spiro atoms. The molecule has 2 heterocycles. The van der Waals surface area contributed by atoms with Crippen LogP contribution in [0.15, 0.2) is 41.5 Å². The third-order valence-corrected chi connectivity index (χ3v) is 5.58. The summed E-state index contributed by atoms with van der Waals surface area (Å²) < 4.78 is 0. The molecule has 0 saturated carbocycles. The predicted molar refractivity (Wildman–Crippen MR) is 110 cm³/mol. The van der Waals surface area contributed by atoms with Crippen molar-refractivity contribution in [2.45, 2.75) is 26.2 Å². The molecule has 138 valence electrons. The van der Waals surface area contributed by atoms with Gasteiger partial charge in [-0.15, -0.1) is 11.3 Å². The predicted octanol–water partition coefficient (Wildman–Crippen LogP) is 2.83. The van der Waals surface area contributed by atoms with Crippen LogP contribution in [0.25, 0.3) is 10.7 Å². The van der Waals surface area contributed by atoms with Crippen molar-refractivity contribution in [3.63, 3.8) is 0 Å². The number of amidine groups is 1. The van der Waals surface area contributed by atoms with Crippen LogP contribution in [0.3, 0.4) is 0 Å². The minimum atomic E-state index is 0.430. The molecule has 0 radical (unpaired) electrons. The summed E-state index contributed by atoms with van der Waals surface area (Å²) in [5, 5.41) is 7.08. The molecule has 0 amide bonds. The summed E-state index contributed by atoms with van der Waals surface area (Å²) in [6, 6.07) is 11.9. The van der Waals surface area contributed by atoms with Gasteiger partial charge in [-0.3, -0.25) is 0 Å². The van der Waals surface area contributed by atoms with Gasteiger partial charge in [0, 0.05) is 27.4 Å². The molecule has 0 fully saturated rings. The van der Waals surface area contributed by atoms with Gasteiger partial charge in [-0.05, 0) is 62.6 Å². The van der Waals surface area contributed by atoms with Crippen molar-refractivity contribution in [1.82, 2.24) is 15.4 Å². The maximum Gasteiger partial charge on any atom is 0.171 e. The van der Waals surface area contributed by atoms with Crippen molar-refractivity contribution in [2.75, 3.05) is 5.32 Å². The van der Waals surface area contributed by atoms with E-state index in [1.54, 1.807) is 11.3 Å². The number of aromatic nitrogens is 2. The van der Waals surface area contributed by atoms with E-state index in [1.807, 2.05) is 24.3 Å². The van der Waals surface area contributed by atoms with Gasteiger partial charge < -0.3 is 16.6 Å². The molecule has 4 rings (SSSR count). The Morgan fingerprint density at radius 2 is 1.93 bits per heavy atom. The molecule has 27 heavy (non-hydrogen) atoms. The van der Waals surface area contributed by atoms with Crippen LogP contribution in [-0.4, -0.2) is 15.8 Å². The van der Waals surface area contributed by atoms with E-state index in [1.165, 1.54) is 10.4 Å². The molecule has 3 aromatic rings. The lowest BCUT2D eigenvalue weighted by molar-refractivity contribution is 0.900. The van der Waals surface area contributed by atoms with Gasteiger partial charge >= 0.3 is 0 Å². The summed E-state index contributed by atoms with van der Waals surface area (Å²) in [6.07, 6.45) is 3.12. The largest absolute Gasteiger partial charge is 0.340 e. The van der Waals surface area contributed by atoms with Crippen LogP contribution in [-0.2, 0) is 12.8 Å². The first-order valence-electron chi connectivity index (χ1n) is 8.76. The van der Waals surface area contributed by atoms with Gasteiger partial charge in [0.2, 0.25) is 0 Å². The SMILES string of the molecule is Cc1ccc(-c2nc3c(c(Nc4ccc(/C(=N/N)NN)cc4)n2)CCC3)s1. The van der Waals surface area contributed by atoms with Crippen LogP contribution >= 0.6 is 11.3 Å². The Bertz CT molecular complexity index is 992. The zero-order chi connectivity index (χ0) is 18.8. The molecule has 0 bridgehead atoms. The lowest BCUT2D eigenvalue weighted by Gasteiger charge is -2.12. The normalized spacial score (nSPS) is 13.5. The molecular formula is C19H21N7S. The topological polar surface area (TPSA) is 114 Å². The highest BCUT2D eigenvalue weighted by molar-refractivity contribution is 7.15. The third-order valence-electron chi connectivity index (χ3n) is 4.58. The molecular weight excluding hydrogens is 358 g/mol. The number of nitrogens with one attached hydrogen (secondary N) is 2. The Balaban J connectivity index is 1.66. The number of hydrogen-bond acceptors (Lipinski definition) is 7. The van der Waals surface area contributed by atoms with Gasteiger partial charge in [0.1, 0.15) is 5.82 Å². The fraction of sp³-hybridized carbons (Fsp3) is 0.211. The summed E-state index contributed by atoms with van der Waals surface area (Å²) in [7, 11) is 0. The van der Waals surface area contributed by atoms with Gasteiger partial charge in [0.25, 0.3) is 0 Å². The van der Waals surface area contributed by atoms with E-state index in [9.17, 15) is 0 Å². The number of fused-ring (bicyclic) bond motifs is 1. The average Bonchev–Trinajstić information content (AvgIpc) is 3.33.